The Kier molecular flexibility index (Phi) is 8.11. The van der Waals surface area contributed by atoms with E-state index in [9.17, 15) is 24.3 Å². The summed E-state index contributed by atoms with van der Waals surface area (Å²) in [4.78, 5) is 48.5. The van der Waals surface area contributed by atoms with Gasteiger partial charge in [0, 0.05) is 16.3 Å². The van der Waals surface area contributed by atoms with Gasteiger partial charge in [-0.3, -0.25) is 9.59 Å². The topological polar surface area (TPSA) is 142 Å². The second-order valence-corrected chi connectivity index (χ2v) is 8.74. The van der Waals surface area contributed by atoms with Crippen molar-refractivity contribution < 1.29 is 34.1 Å². The van der Waals surface area contributed by atoms with Gasteiger partial charge in [0.2, 0.25) is 5.91 Å². The smallest absolute Gasteiger partial charge is 0.336 e. The largest absolute Gasteiger partial charge is 0.497 e. The molecule has 0 aliphatic heterocycles. The van der Waals surface area contributed by atoms with E-state index in [0.29, 0.717) is 17.1 Å². The molecule has 10 heteroatoms. The standard InChI is InChI=1S/C25H22N2O7S/c1-14(22(28)26-16-4-8-18(34-2)9-5-16)35-19-10-6-17(7-11-19)27-23(29)20-12-3-15(24(30)31)13-21(20)25(32)33/h3-14H,1-2H3,(H,26,28)(H,27,29)(H,30,31)(H,32,33). The van der Waals surface area contributed by atoms with Gasteiger partial charge in [-0.25, -0.2) is 9.59 Å². The van der Waals surface area contributed by atoms with Gasteiger partial charge in [0.25, 0.3) is 5.91 Å². The SMILES string of the molecule is COc1ccc(NC(=O)C(C)Sc2ccc(NC(=O)c3ccc(C(=O)O)cc3C(=O)O)cc2)cc1. The maximum absolute atomic E-state index is 12.6. The first-order valence-electron chi connectivity index (χ1n) is 10.3. The zero-order valence-corrected chi connectivity index (χ0v) is 19.6. The first-order valence-corrected chi connectivity index (χ1v) is 11.2. The molecule has 3 aromatic rings. The minimum Gasteiger partial charge on any atom is -0.497 e. The van der Waals surface area contributed by atoms with Gasteiger partial charge >= 0.3 is 11.9 Å². The molecule has 2 amide bonds. The van der Waals surface area contributed by atoms with Gasteiger partial charge in [-0.1, -0.05) is 0 Å². The maximum atomic E-state index is 12.6. The molecule has 0 radical (unpaired) electrons. The normalized spacial score (nSPS) is 11.3. The van der Waals surface area contributed by atoms with Crippen LogP contribution in [0, 0.1) is 0 Å². The lowest BCUT2D eigenvalue weighted by Gasteiger charge is -2.13. The van der Waals surface area contributed by atoms with Crippen LogP contribution in [-0.2, 0) is 4.79 Å². The van der Waals surface area contributed by atoms with Crippen molar-refractivity contribution in [3.8, 4) is 5.75 Å². The van der Waals surface area contributed by atoms with E-state index < -0.39 is 28.7 Å². The zero-order valence-electron chi connectivity index (χ0n) is 18.8. The summed E-state index contributed by atoms with van der Waals surface area (Å²) in [5, 5.41) is 23.4. The van der Waals surface area contributed by atoms with E-state index in [-0.39, 0.29) is 17.0 Å². The summed E-state index contributed by atoms with van der Waals surface area (Å²) in [6.45, 7) is 1.77. The third-order valence-corrected chi connectivity index (χ3v) is 6.01. The third-order valence-electron chi connectivity index (χ3n) is 4.89. The van der Waals surface area contributed by atoms with Crippen molar-refractivity contribution in [1.29, 1.82) is 0 Å². The number of methoxy groups -OCH3 is 1. The van der Waals surface area contributed by atoms with E-state index in [4.69, 9.17) is 9.84 Å². The van der Waals surface area contributed by atoms with E-state index >= 15 is 0 Å². The summed E-state index contributed by atoms with van der Waals surface area (Å²) in [6, 6.07) is 17.0. The highest BCUT2D eigenvalue weighted by Crippen LogP contribution is 2.26. The number of aromatic carboxylic acids is 2. The molecule has 3 aromatic carbocycles. The lowest BCUT2D eigenvalue weighted by Crippen LogP contribution is -2.22. The van der Waals surface area contributed by atoms with Crippen LogP contribution in [0.5, 0.6) is 5.75 Å². The molecule has 0 saturated carbocycles. The van der Waals surface area contributed by atoms with Crippen LogP contribution in [0.4, 0.5) is 11.4 Å². The van der Waals surface area contributed by atoms with Crippen molar-refractivity contribution in [2.75, 3.05) is 17.7 Å². The van der Waals surface area contributed by atoms with E-state index in [0.717, 1.165) is 17.0 Å². The highest BCUT2D eigenvalue weighted by molar-refractivity contribution is 8.00. The van der Waals surface area contributed by atoms with Gasteiger partial charge < -0.3 is 25.6 Å². The van der Waals surface area contributed by atoms with Crippen LogP contribution in [0.1, 0.15) is 38.0 Å². The van der Waals surface area contributed by atoms with Crippen LogP contribution in [0.3, 0.4) is 0 Å². The summed E-state index contributed by atoms with van der Waals surface area (Å²) < 4.78 is 5.10. The van der Waals surface area contributed by atoms with Gasteiger partial charge in [-0.05, 0) is 73.7 Å². The summed E-state index contributed by atoms with van der Waals surface area (Å²) in [7, 11) is 1.56. The molecule has 0 aliphatic carbocycles. The Balaban J connectivity index is 1.62. The number of carbonyl (C=O) groups is 4. The van der Waals surface area contributed by atoms with E-state index in [1.165, 1.54) is 17.8 Å². The number of amides is 2. The fourth-order valence-corrected chi connectivity index (χ4v) is 3.91. The van der Waals surface area contributed by atoms with Crippen molar-refractivity contribution >= 4 is 46.9 Å². The summed E-state index contributed by atoms with van der Waals surface area (Å²) in [5.41, 5.74) is 0.258. The predicted molar refractivity (Wildman–Crippen MR) is 132 cm³/mol. The Morgan fingerprint density at radius 1 is 0.800 bits per heavy atom. The summed E-state index contributed by atoms with van der Waals surface area (Å²) >= 11 is 1.33. The van der Waals surface area contributed by atoms with E-state index in [1.807, 2.05) is 0 Å². The highest BCUT2D eigenvalue weighted by Gasteiger charge is 2.19. The van der Waals surface area contributed by atoms with Crippen molar-refractivity contribution in [1.82, 2.24) is 0 Å². The van der Waals surface area contributed by atoms with Crippen LogP contribution >= 0.6 is 11.8 Å². The highest BCUT2D eigenvalue weighted by atomic mass is 32.2. The first kappa shape index (κ1) is 25.3. The molecule has 0 aliphatic rings. The lowest BCUT2D eigenvalue weighted by molar-refractivity contribution is -0.115. The molecule has 1 unspecified atom stereocenters. The Morgan fingerprint density at radius 2 is 1.40 bits per heavy atom. The van der Waals surface area contributed by atoms with E-state index in [1.54, 1.807) is 62.6 Å². The van der Waals surface area contributed by atoms with Gasteiger partial charge in [0.1, 0.15) is 5.75 Å². The minimum absolute atomic E-state index is 0.162. The number of hydrogen-bond donors (Lipinski definition) is 4. The van der Waals surface area contributed by atoms with Crippen LogP contribution in [0.25, 0.3) is 0 Å². The maximum Gasteiger partial charge on any atom is 0.336 e. The van der Waals surface area contributed by atoms with Crippen LogP contribution in [0.15, 0.2) is 71.6 Å². The molecule has 0 bridgehead atoms. The van der Waals surface area contributed by atoms with E-state index in [2.05, 4.69) is 10.6 Å². The molecular weight excluding hydrogens is 472 g/mol. The molecule has 35 heavy (non-hydrogen) atoms. The Bertz CT molecular complexity index is 1260. The van der Waals surface area contributed by atoms with Crippen molar-refractivity contribution in [2.24, 2.45) is 0 Å². The second-order valence-electron chi connectivity index (χ2n) is 7.33. The van der Waals surface area contributed by atoms with Gasteiger partial charge in [0.15, 0.2) is 0 Å². The van der Waals surface area contributed by atoms with Crippen LogP contribution < -0.4 is 15.4 Å². The molecule has 1 atom stereocenters. The molecule has 0 aromatic heterocycles. The minimum atomic E-state index is -1.41. The molecular formula is C25H22N2O7S. The first-order chi connectivity index (χ1) is 16.7. The molecule has 180 valence electrons. The van der Waals surface area contributed by atoms with Crippen LogP contribution in [0.2, 0.25) is 0 Å². The van der Waals surface area contributed by atoms with Crippen molar-refractivity contribution in [3.05, 3.63) is 83.4 Å². The number of anilines is 2. The number of carbonyl (C=O) groups excluding carboxylic acids is 2. The Morgan fingerprint density at radius 3 is 1.97 bits per heavy atom. The molecule has 0 saturated heterocycles. The molecule has 0 spiro atoms. The second kappa shape index (κ2) is 11.2. The number of carboxylic acids is 2. The molecule has 9 nitrogen and oxygen atoms in total. The molecule has 4 N–H and O–H groups in total. The number of benzene rings is 3. The number of rotatable bonds is 9. The van der Waals surface area contributed by atoms with Gasteiger partial charge in [-0.2, -0.15) is 0 Å². The third kappa shape index (κ3) is 6.61. The zero-order chi connectivity index (χ0) is 25.5. The van der Waals surface area contributed by atoms with Crippen molar-refractivity contribution in [3.63, 3.8) is 0 Å². The fraction of sp³-hybridized carbons (Fsp3) is 0.120. The lowest BCUT2D eigenvalue weighted by atomic mass is 10.0. The predicted octanol–water partition coefficient (Wildman–Crippen LogP) is 4.46. The average Bonchev–Trinajstić information content (AvgIpc) is 2.85. The molecule has 0 heterocycles. The van der Waals surface area contributed by atoms with Crippen molar-refractivity contribution in [2.45, 2.75) is 17.1 Å². The van der Waals surface area contributed by atoms with Gasteiger partial charge in [0.05, 0.1) is 29.1 Å². The van der Waals surface area contributed by atoms with Crippen LogP contribution in [-0.4, -0.2) is 46.3 Å². The monoisotopic (exact) mass is 494 g/mol. The Labute approximate surface area is 205 Å². The molecule has 0 fully saturated rings. The number of thioether (sulfide) groups is 1. The quantitative estimate of drug-likeness (QED) is 0.319. The van der Waals surface area contributed by atoms with Gasteiger partial charge in [-0.15, -0.1) is 11.8 Å². The number of ether oxygens (including phenoxy) is 1. The summed E-state index contributed by atoms with van der Waals surface area (Å²) in [5.74, 6) is -2.88. The summed E-state index contributed by atoms with van der Waals surface area (Å²) in [6.07, 6.45) is 0. The fourth-order valence-electron chi connectivity index (χ4n) is 3.04. The number of carboxylic acid groups (broad SMARTS) is 2. The molecule has 3 rings (SSSR count). The average molecular weight is 495 g/mol. The number of hydrogen-bond acceptors (Lipinski definition) is 6. The Hall–Kier alpha value is -4.31. The number of nitrogens with one attached hydrogen (secondary N) is 2.